The van der Waals surface area contributed by atoms with Gasteiger partial charge in [0.25, 0.3) is 0 Å². The van der Waals surface area contributed by atoms with Gasteiger partial charge in [0.05, 0.1) is 5.69 Å². The number of hydrogen-bond acceptors (Lipinski definition) is 5. The van der Waals surface area contributed by atoms with Crippen molar-refractivity contribution in [3.8, 4) is 5.75 Å². The van der Waals surface area contributed by atoms with Crippen LogP contribution in [-0.4, -0.2) is 90.8 Å². The number of nitrogens with zero attached hydrogens (tertiary/aromatic N) is 4. The number of rotatable bonds is 4. The van der Waals surface area contributed by atoms with E-state index in [9.17, 15) is 5.11 Å². The second kappa shape index (κ2) is 9.47. The summed E-state index contributed by atoms with van der Waals surface area (Å²) in [7, 11) is 1.90. The molecular weight excluding hydrogens is 382 g/mol. The third-order valence-electron chi connectivity index (χ3n) is 6.81. The van der Waals surface area contributed by atoms with Gasteiger partial charge in [-0.05, 0) is 25.0 Å². The van der Waals surface area contributed by atoms with E-state index in [0.717, 1.165) is 44.4 Å². The van der Waals surface area contributed by atoms with Crippen LogP contribution < -0.4 is 10.2 Å². The Balaban J connectivity index is 1.34. The summed E-state index contributed by atoms with van der Waals surface area (Å²) < 4.78 is 0. The minimum atomic E-state index is 0.314. The third-order valence-corrected chi connectivity index (χ3v) is 7.75. The van der Waals surface area contributed by atoms with Crippen LogP contribution in [0.25, 0.3) is 0 Å². The zero-order valence-electron chi connectivity index (χ0n) is 17.6. The number of phenols is 1. The van der Waals surface area contributed by atoms with Crippen LogP contribution in [0.1, 0.15) is 25.7 Å². The highest BCUT2D eigenvalue weighted by atomic mass is 32.2. The number of aliphatic imine (C=N–C) groups is 1. The molecule has 2 saturated heterocycles. The fraction of sp³-hybridized carbons (Fsp3) is 0.682. The van der Waals surface area contributed by atoms with Gasteiger partial charge in [0.15, 0.2) is 5.96 Å². The van der Waals surface area contributed by atoms with E-state index >= 15 is 0 Å². The molecule has 1 aromatic carbocycles. The summed E-state index contributed by atoms with van der Waals surface area (Å²) in [5, 5.41) is 13.9. The van der Waals surface area contributed by atoms with Gasteiger partial charge in [-0.2, -0.15) is 11.8 Å². The fourth-order valence-electron chi connectivity index (χ4n) is 5.14. The molecule has 7 heteroatoms. The van der Waals surface area contributed by atoms with E-state index in [1.165, 1.54) is 50.3 Å². The van der Waals surface area contributed by atoms with Gasteiger partial charge in [0.2, 0.25) is 0 Å². The number of thioether (sulfide) groups is 1. The molecular formula is C22H35N5OS. The van der Waals surface area contributed by atoms with Crippen molar-refractivity contribution in [2.45, 2.75) is 31.2 Å². The number of para-hydroxylation sites is 2. The predicted octanol–water partition coefficient (Wildman–Crippen LogP) is 2.45. The molecule has 0 unspecified atom stereocenters. The molecule has 0 radical (unpaired) electrons. The standard InChI is InChI=1S/C22H35N5OS/c1-23-21(24-18-22(8-4-5-9-22)27-14-16-29-17-15-27)26-12-10-25(11-13-26)19-6-2-3-7-20(19)28/h2-3,6-7,28H,4-5,8-18H2,1H3,(H,23,24). The van der Waals surface area contributed by atoms with Crippen molar-refractivity contribution in [2.75, 3.05) is 69.3 Å². The second-order valence-electron chi connectivity index (χ2n) is 8.39. The highest BCUT2D eigenvalue weighted by molar-refractivity contribution is 7.99. The van der Waals surface area contributed by atoms with E-state index in [1.807, 2.05) is 25.2 Å². The molecule has 2 heterocycles. The number of benzene rings is 1. The normalized spacial score (nSPS) is 23.4. The largest absolute Gasteiger partial charge is 0.506 e. The smallest absolute Gasteiger partial charge is 0.193 e. The van der Waals surface area contributed by atoms with Crippen molar-refractivity contribution in [1.29, 1.82) is 0 Å². The molecule has 29 heavy (non-hydrogen) atoms. The van der Waals surface area contributed by atoms with Crippen molar-refractivity contribution in [3.05, 3.63) is 24.3 Å². The summed E-state index contributed by atoms with van der Waals surface area (Å²) in [5.74, 6) is 3.93. The number of piperazine rings is 1. The molecule has 2 N–H and O–H groups in total. The van der Waals surface area contributed by atoms with Crippen molar-refractivity contribution < 1.29 is 5.11 Å². The SMILES string of the molecule is CN=C(NCC1(N2CCSCC2)CCCC1)N1CCN(c2ccccc2O)CC1. The fourth-order valence-corrected chi connectivity index (χ4v) is 6.05. The van der Waals surface area contributed by atoms with Crippen LogP contribution in [0.15, 0.2) is 29.3 Å². The van der Waals surface area contributed by atoms with Crippen LogP contribution in [0, 0.1) is 0 Å². The monoisotopic (exact) mass is 417 g/mol. The molecule has 3 aliphatic rings. The van der Waals surface area contributed by atoms with Crippen LogP contribution in [0.4, 0.5) is 5.69 Å². The maximum atomic E-state index is 10.1. The molecule has 0 spiro atoms. The summed E-state index contributed by atoms with van der Waals surface area (Å²) >= 11 is 2.09. The quantitative estimate of drug-likeness (QED) is 0.580. The lowest BCUT2D eigenvalue weighted by Gasteiger charge is -2.44. The highest BCUT2D eigenvalue weighted by Crippen LogP contribution is 2.36. The van der Waals surface area contributed by atoms with E-state index in [1.54, 1.807) is 6.07 Å². The molecule has 0 aromatic heterocycles. The molecule has 2 aliphatic heterocycles. The maximum Gasteiger partial charge on any atom is 0.193 e. The Bertz CT molecular complexity index is 692. The topological polar surface area (TPSA) is 54.3 Å². The Morgan fingerprint density at radius 2 is 1.76 bits per heavy atom. The van der Waals surface area contributed by atoms with Gasteiger partial charge in [0, 0.05) is 69.9 Å². The van der Waals surface area contributed by atoms with Crippen LogP contribution >= 0.6 is 11.8 Å². The van der Waals surface area contributed by atoms with Crippen LogP contribution in [0.2, 0.25) is 0 Å². The number of anilines is 1. The molecule has 1 aromatic rings. The Labute approximate surface area is 179 Å². The van der Waals surface area contributed by atoms with Gasteiger partial charge in [-0.15, -0.1) is 0 Å². The van der Waals surface area contributed by atoms with Crippen LogP contribution in [0.5, 0.6) is 5.75 Å². The first-order valence-electron chi connectivity index (χ1n) is 11.0. The first-order chi connectivity index (χ1) is 14.2. The minimum Gasteiger partial charge on any atom is -0.506 e. The summed E-state index contributed by atoms with van der Waals surface area (Å²) in [6.07, 6.45) is 5.32. The molecule has 0 atom stereocenters. The van der Waals surface area contributed by atoms with Crippen molar-refractivity contribution in [1.82, 2.24) is 15.1 Å². The minimum absolute atomic E-state index is 0.314. The molecule has 6 nitrogen and oxygen atoms in total. The average Bonchev–Trinajstić information content (AvgIpc) is 3.26. The lowest BCUT2D eigenvalue weighted by atomic mass is 9.94. The predicted molar refractivity (Wildman–Crippen MR) is 123 cm³/mol. The van der Waals surface area contributed by atoms with Crippen LogP contribution in [-0.2, 0) is 0 Å². The molecule has 1 aliphatic carbocycles. The first-order valence-corrected chi connectivity index (χ1v) is 12.2. The average molecular weight is 418 g/mol. The third kappa shape index (κ3) is 4.61. The number of phenolic OH excluding ortho intramolecular Hbond substituents is 1. The van der Waals surface area contributed by atoms with Gasteiger partial charge in [0.1, 0.15) is 5.75 Å². The molecule has 160 valence electrons. The van der Waals surface area contributed by atoms with Gasteiger partial charge in [-0.25, -0.2) is 0 Å². The van der Waals surface area contributed by atoms with Gasteiger partial charge < -0.3 is 20.2 Å². The number of aromatic hydroxyl groups is 1. The molecule has 3 fully saturated rings. The lowest BCUT2D eigenvalue weighted by molar-refractivity contribution is 0.106. The van der Waals surface area contributed by atoms with Crippen molar-refractivity contribution in [3.63, 3.8) is 0 Å². The van der Waals surface area contributed by atoms with Crippen molar-refractivity contribution in [2.24, 2.45) is 4.99 Å². The van der Waals surface area contributed by atoms with E-state index in [4.69, 9.17) is 0 Å². The summed E-state index contributed by atoms with van der Waals surface area (Å²) in [5.41, 5.74) is 1.25. The summed E-state index contributed by atoms with van der Waals surface area (Å²) in [6.45, 7) is 7.08. The molecule has 1 saturated carbocycles. The van der Waals surface area contributed by atoms with Gasteiger partial charge >= 0.3 is 0 Å². The van der Waals surface area contributed by atoms with Gasteiger partial charge in [-0.3, -0.25) is 9.89 Å². The van der Waals surface area contributed by atoms with Crippen molar-refractivity contribution >= 4 is 23.4 Å². The number of hydrogen-bond donors (Lipinski definition) is 2. The Morgan fingerprint density at radius 3 is 2.41 bits per heavy atom. The summed E-state index contributed by atoms with van der Waals surface area (Å²) in [4.78, 5) is 12.0. The number of nitrogens with one attached hydrogen (secondary N) is 1. The van der Waals surface area contributed by atoms with E-state index in [-0.39, 0.29) is 0 Å². The van der Waals surface area contributed by atoms with E-state index in [0.29, 0.717) is 11.3 Å². The Kier molecular flexibility index (Phi) is 6.75. The first kappa shape index (κ1) is 20.7. The maximum absolute atomic E-state index is 10.1. The Morgan fingerprint density at radius 1 is 1.07 bits per heavy atom. The molecule has 4 rings (SSSR count). The van der Waals surface area contributed by atoms with E-state index in [2.05, 4.69) is 36.8 Å². The summed E-state index contributed by atoms with van der Waals surface area (Å²) in [6, 6.07) is 7.63. The zero-order chi connectivity index (χ0) is 20.1. The lowest BCUT2D eigenvalue weighted by Crippen LogP contribution is -2.59. The number of guanidine groups is 1. The van der Waals surface area contributed by atoms with E-state index < -0.39 is 0 Å². The van der Waals surface area contributed by atoms with Gasteiger partial charge in [-0.1, -0.05) is 25.0 Å². The highest BCUT2D eigenvalue weighted by Gasteiger charge is 2.40. The second-order valence-corrected chi connectivity index (χ2v) is 9.62. The molecule has 0 bridgehead atoms. The zero-order valence-corrected chi connectivity index (χ0v) is 18.5. The molecule has 0 amide bonds. The Hall–Kier alpha value is -1.60. The van der Waals surface area contributed by atoms with Crippen LogP contribution in [0.3, 0.4) is 0 Å².